The van der Waals surface area contributed by atoms with Gasteiger partial charge in [-0.2, -0.15) is 5.10 Å². The number of halogens is 3. The standard InChI is InChI=1S/C22H24Cl2FN5O/c1-26-20-7-17(16-4-5-29(10-19(16)25)15-11-31-12-15)18(23)6-13(20)8-27-21-9-28-30(22(21)24)14-2-3-14/h6-9,14-16,19H,1-5,10-12H2. The molecule has 2 atom stereocenters. The number of rotatable bonds is 6. The van der Waals surface area contributed by atoms with Crippen LogP contribution in [0.3, 0.4) is 0 Å². The van der Waals surface area contributed by atoms with Gasteiger partial charge in [0, 0.05) is 29.3 Å². The zero-order valence-corrected chi connectivity index (χ0v) is 18.6. The molecule has 2 aromatic rings. The first-order valence-corrected chi connectivity index (χ1v) is 11.3. The van der Waals surface area contributed by atoms with Crippen molar-refractivity contribution in [3.63, 3.8) is 0 Å². The zero-order chi connectivity index (χ0) is 21.5. The average molecular weight is 464 g/mol. The molecule has 0 amide bonds. The Morgan fingerprint density at radius 2 is 1.97 bits per heavy atom. The first-order valence-electron chi connectivity index (χ1n) is 10.6. The highest BCUT2D eigenvalue weighted by atomic mass is 35.5. The number of likely N-dealkylation sites (tertiary alicyclic amines) is 1. The summed E-state index contributed by atoms with van der Waals surface area (Å²) in [6.45, 7) is 6.30. The lowest BCUT2D eigenvalue weighted by Crippen LogP contribution is -2.54. The number of aliphatic imine (C=N–C) groups is 2. The Morgan fingerprint density at radius 3 is 2.61 bits per heavy atom. The average Bonchev–Trinajstić information content (AvgIpc) is 3.49. The smallest absolute Gasteiger partial charge is 0.153 e. The van der Waals surface area contributed by atoms with E-state index in [0.29, 0.717) is 65.4 Å². The van der Waals surface area contributed by atoms with E-state index in [2.05, 4.69) is 26.7 Å². The summed E-state index contributed by atoms with van der Waals surface area (Å²) in [6.07, 6.45) is 5.21. The lowest BCUT2D eigenvalue weighted by Gasteiger charge is -2.43. The van der Waals surface area contributed by atoms with Crippen LogP contribution in [0.4, 0.5) is 15.8 Å². The summed E-state index contributed by atoms with van der Waals surface area (Å²) in [5, 5.41) is 5.36. The molecule has 1 aromatic heterocycles. The fraction of sp³-hybridized carbons (Fsp3) is 0.500. The van der Waals surface area contributed by atoms with Crippen molar-refractivity contribution in [3.8, 4) is 0 Å². The van der Waals surface area contributed by atoms with Gasteiger partial charge in [-0.05, 0) is 50.2 Å². The lowest BCUT2D eigenvalue weighted by atomic mass is 9.86. The molecule has 6 nitrogen and oxygen atoms in total. The van der Waals surface area contributed by atoms with Gasteiger partial charge in [-0.15, -0.1) is 0 Å². The molecule has 5 rings (SSSR count). The third-order valence-electron chi connectivity index (χ3n) is 6.38. The highest BCUT2D eigenvalue weighted by molar-refractivity contribution is 6.32. The Balaban J connectivity index is 1.36. The molecule has 0 N–H and O–H groups in total. The minimum atomic E-state index is -0.990. The first kappa shape index (κ1) is 21.1. The minimum Gasteiger partial charge on any atom is -0.378 e. The number of nitrogens with zero attached hydrogens (tertiary/aromatic N) is 5. The van der Waals surface area contributed by atoms with Gasteiger partial charge in [0.05, 0.1) is 37.2 Å². The van der Waals surface area contributed by atoms with E-state index in [1.807, 2.05) is 6.07 Å². The molecule has 3 heterocycles. The van der Waals surface area contributed by atoms with Gasteiger partial charge in [-0.1, -0.05) is 23.2 Å². The molecule has 2 unspecified atom stereocenters. The predicted octanol–water partition coefficient (Wildman–Crippen LogP) is 5.13. The zero-order valence-electron chi connectivity index (χ0n) is 17.1. The predicted molar refractivity (Wildman–Crippen MR) is 122 cm³/mol. The van der Waals surface area contributed by atoms with E-state index in [1.54, 1.807) is 23.2 Å². The Bertz CT molecular complexity index is 1020. The van der Waals surface area contributed by atoms with Crippen LogP contribution in [0.25, 0.3) is 0 Å². The van der Waals surface area contributed by atoms with Gasteiger partial charge in [0.2, 0.25) is 0 Å². The number of ether oxygens (including phenoxy) is 1. The summed E-state index contributed by atoms with van der Waals surface area (Å²) >= 11 is 13.0. The molecule has 9 heteroatoms. The summed E-state index contributed by atoms with van der Waals surface area (Å²) in [5.74, 6) is -0.262. The molecule has 0 spiro atoms. The van der Waals surface area contributed by atoms with E-state index in [0.717, 1.165) is 24.9 Å². The van der Waals surface area contributed by atoms with Crippen molar-refractivity contribution in [2.75, 3.05) is 26.3 Å². The Labute approximate surface area is 190 Å². The van der Waals surface area contributed by atoms with Gasteiger partial charge in [0.1, 0.15) is 11.9 Å². The van der Waals surface area contributed by atoms with Crippen LogP contribution in [-0.2, 0) is 4.74 Å². The van der Waals surface area contributed by atoms with Crippen LogP contribution in [0.1, 0.15) is 42.3 Å². The van der Waals surface area contributed by atoms with E-state index in [9.17, 15) is 0 Å². The second-order valence-corrected chi connectivity index (χ2v) is 9.21. The molecule has 0 bridgehead atoms. The molecule has 31 heavy (non-hydrogen) atoms. The number of benzene rings is 1. The van der Waals surface area contributed by atoms with Gasteiger partial charge in [-0.25, -0.2) is 9.07 Å². The Hall–Kier alpha value is -1.80. The van der Waals surface area contributed by atoms with Crippen molar-refractivity contribution in [2.45, 2.75) is 43.4 Å². The summed E-state index contributed by atoms with van der Waals surface area (Å²) in [7, 11) is 0. The summed E-state index contributed by atoms with van der Waals surface area (Å²) < 4.78 is 22.1. The topological polar surface area (TPSA) is 55.0 Å². The largest absolute Gasteiger partial charge is 0.378 e. The third kappa shape index (κ3) is 4.16. The van der Waals surface area contributed by atoms with Crippen LogP contribution in [0, 0.1) is 0 Å². The van der Waals surface area contributed by atoms with Crippen molar-refractivity contribution in [1.82, 2.24) is 14.7 Å². The maximum atomic E-state index is 15.1. The molecule has 1 aromatic carbocycles. The molecular formula is C22H24Cl2FN5O. The number of hydrogen-bond acceptors (Lipinski definition) is 5. The number of piperidine rings is 1. The van der Waals surface area contributed by atoms with E-state index >= 15 is 4.39 Å². The van der Waals surface area contributed by atoms with Crippen LogP contribution < -0.4 is 0 Å². The number of aromatic nitrogens is 2. The van der Waals surface area contributed by atoms with Gasteiger partial charge < -0.3 is 4.74 Å². The number of hydrogen-bond donors (Lipinski definition) is 0. The van der Waals surface area contributed by atoms with Crippen LogP contribution in [0.15, 0.2) is 28.3 Å². The Kier molecular flexibility index (Phi) is 5.86. The Morgan fingerprint density at radius 1 is 1.16 bits per heavy atom. The molecule has 0 radical (unpaired) electrons. The van der Waals surface area contributed by atoms with E-state index in [-0.39, 0.29) is 5.92 Å². The van der Waals surface area contributed by atoms with Crippen molar-refractivity contribution < 1.29 is 9.13 Å². The van der Waals surface area contributed by atoms with Crippen molar-refractivity contribution in [1.29, 1.82) is 0 Å². The summed E-state index contributed by atoms with van der Waals surface area (Å²) in [5.41, 5.74) is 2.70. The summed E-state index contributed by atoms with van der Waals surface area (Å²) in [4.78, 5) is 10.8. The van der Waals surface area contributed by atoms with Crippen LogP contribution >= 0.6 is 23.2 Å². The molecule has 2 saturated heterocycles. The van der Waals surface area contributed by atoms with E-state index in [1.165, 1.54) is 0 Å². The molecule has 164 valence electrons. The normalized spacial score (nSPS) is 25.1. The monoisotopic (exact) mass is 463 g/mol. The fourth-order valence-electron chi connectivity index (χ4n) is 4.30. The van der Waals surface area contributed by atoms with Gasteiger partial charge in [0.25, 0.3) is 0 Å². The second-order valence-electron chi connectivity index (χ2n) is 8.44. The highest BCUT2D eigenvalue weighted by Gasteiger charge is 2.37. The summed E-state index contributed by atoms with van der Waals surface area (Å²) in [6, 6.07) is 4.34. The molecular weight excluding hydrogens is 440 g/mol. The first-order chi connectivity index (χ1) is 15.0. The van der Waals surface area contributed by atoms with Gasteiger partial charge >= 0.3 is 0 Å². The van der Waals surface area contributed by atoms with Crippen LogP contribution in [-0.4, -0.2) is 66.1 Å². The molecule has 1 saturated carbocycles. The van der Waals surface area contributed by atoms with E-state index in [4.69, 9.17) is 27.9 Å². The molecule has 2 aliphatic heterocycles. The molecule has 3 aliphatic rings. The molecule has 3 fully saturated rings. The minimum absolute atomic E-state index is 0.262. The second kappa shape index (κ2) is 8.62. The quantitative estimate of drug-likeness (QED) is 0.557. The van der Waals surface area contributed by atoms with Crippen molar-refractivity contribution >= 4 is 47.5 Å². The highest BCUT2D eigenvalue weighted by Crippen LogP contribution is 2.40. The SMILES string of the molecule is C=Nc1cc(C2CCN(C3COC3)CC2F)c(Cl)cc1C=Nc1cnn(C2CC2)c1Cl. The lowest BCUT2D eigenvalue weighted by molar-refractivity contribution is -0.0806. The maximum Gasteiger partial charge on any atom is 0.153 e. The van der Waals surface area contributed by atoms with Gasteiger partial charge in [0.15, 0.2) is 5.15 Å². The third-order valence-corrected chi connectivity index (χ3v) is 7.07. The van der Waals surface area contributed by atoms with Crippen LogP contribution in [0.5, 0.6) is 0 Å². The van der Waals surface area contributed by atoms with Crippen molar-refractivity contribution in [2.24, 2.45) is 9.98 Å². The fourth-order valence-corrected chi connectivity index (χ4v) is 4.89. The van der Waals surface area contributed by atoms with Gasteiger partial charge in [-0.3, -0.25) is 14.9 Å². The maximum absolute atomic E-state index is 15.1. The number of alkyl halides is 1. The van der Waals surface area contributed by atoms with Crippen molar-refractivity contribution in [3.05, 3.63) is 39.6 Å². The van der Waals surface area contributed by atoms with E-state index < -0.39 is 6.17 Å². The molecule has 1 aliphatic carbocycles. The van der Waals surface area contributed by atoms with Crippen LogP contribution in [0.2, 0.25) is 10.2 Å².